The molecular formula is C13H22N4O2. The quantitative estimate of drug-likeness (QED) is 0.806. The zero-order chi connectivity index (χ0) is 13.7. The molecule has 1 aliphatic rings. The van der Waals surface area contributed by atoms with Crippen molar-refractivity contribution >= 4 is 5.91 Å². The molecule has 1 amide bonds. The molecule has 19 heavy (non-hydrogen) atoms. The van der Waals surface area contributed by atoms with Crippen molar-refractivity contribution in [3.63, 3.8) is 0 Å². The zero-order valence-electron chi connectivity index (χ0n) is 11.4. The average molecular weight is 266 g/mol. The molecule has 2 rings (SSSR count). The fourth-order valence-electron chi connectivity index (χ4n) is 2.28. The van der Waals surface area contributed by atoms with Crippen LogP contribution in [0.15, 0.2) is 12.4 Å². The molecule has 1 aliphatic heterocycles. The van der Waals surface area contributed by atoms with Crippen LogP contribution in [0.3, 0.4) is 0 Å². The molecule has 1 aromatic heterocycles. The van der Waals surface area contributed by atoms with E-state index >= 15 is 0 Å². The van der Waals surface area contributed by atoms with Gasteiger partial charge in [0.25, 0.3) is 0 Å². The number of hydrogen-bond acceptors (Lipinski definition) is 4. The lowest BCUT2D eigenvalue weighted by Crippen LogP contribution is -2.45. The first-order valence-corrected chi connectivity index (χ1v) is 6.82. The number of aryl methyl sites for hydroxylation is 1. The molecule has 0 saturated carbocycles. The van der Waals surface area contributed by atoms with Gasteiger partial charge >= 0.3 is 0 Å². The Morgan fingerprint density at radius 2 is 2.26 bits per heavy atom. The summed E-state index contributed by atoms with van der Waals surface area (Å²) in [6, 6.07) is 0. The second-order valence-electron chi connectivity index (χ2n) is 4.78. The van der Waals surface area contributed by atoms with Crippen molar-refractivity contribution in [3.8, 4) is 0 Å². The largest absolute Gasteiger partial charge is 0.378 e. The summed E-state index contributed by atoms with van der Waals surface area (Å²) in [5.74, 6) is -0.0253. The molecule has 6 nitrogen and oxygen atoms in total. The monoisotopic (exact) mass is 266 g/mol. The van der Waals surface area contributed by atoms with Gasteiger partial charge in [0.2, 0.25) is 5.91 Å². The highest BCUT2D eigenvalue weighted by Gasteiger charge is 2.25. The number of carbonyl (C=O) groups excluding carboxylic acids is 1. The minimum absolute atomic E-state index is 0.134. The number of amides is 1. The van der Waals surface area contributed by atoms with Crippen LogP contribution in [0.2, 0.25) is 0 Å². The molecule has 0 aromatic carbocycles. The number of hydrogen-bond donors (Lipinski definition) is 1. The molecule has 1 fully saturated rings. The van der Waals surface area contributed by atoms with Crippen LogP contribution >= 0.6 is 0 Å². The van der Waals surface area contributed by atoms with E-state index in [1.54, 1.807) is 0 Å². The Morgan fingerprint density at radius 3 is 2.84 bits per heavy atom. The molecule has 0 bridgehead atoms. The Balaban J connectivity index is 1.96. The van der Waals surface area contributed by atoms with E-state index in [2.05, 4.69) is 5.10 Å². The van der Waals surface area contributed by atoms with Gasteiger partial charge in [-0.25, -0.2) is 0 Å². The van der Waals surface area contributed by atoms with Crippen molar-refractivity contribution < 1.29 is 9.53 Å². The number of ether oxygens (including phenoxy) is 1. The van der Waals surface area contributed by atoms with Gasteiger partial charge in [-0.1, -0.05) is 0 Å². The molecule has 0 spiro atoms. The van der Waals surface area contributed by atoms with E-state index in [0.717, 1.165) is 12.1 Å². The van der Waals surface area contributed by atoms with Crippen molar-refractivity contribution in [2.24, 2.45) is 11.7 Å². The zero-order valence-corrected chi connectivity index (χ0v) is 11.4. The lowest BCUT2D eigenvalue weighted by molar-refractivity contribution is -0.139. The van der Waals surface area contributed by atoms with Crippen LogP contribution < -0.4 is 5.73 Å². The maximum atomic E-state index is 12.4. The molecule has 2 N–H and O–H groups in total. The summed E-state index contributed by atoms with van der Waals surface area (Å²) >= 11 is 0. The van der Waals surface area contributed by atoms with E-state index in [-0.39, 0.29) is 11.8 Å². The first-order chi connectivity index (χ1) is 9.24. The van der Waals surface area contributed by atoms with Gasteiger partial charge in [-0.3, -0.25) is 9.48 Å². The molecule has 0 radical (unpaired) electrons. The molecule has 1 aromatic rings. The van der Waals surface area contributed by atoms with Crippen molar-refractivity contribution in [3.05, 3.63) is 18.0 Å². The first kappa shape index (κ1) is 14.0. The van der Waals surface area contributed by atoms with Gasteiger partial charge in [-0.15, -0.1) is 0 Å². The van der Waals surface area contributed by atoms with E-state index < -0.39 is 0 Å². The average Bonchev–Trinajstić information content (AvgIpc) is 2.92. The van der Waals surface area contributed by atoms with Crippen LogP contribution in [0.1, 0.15) is 12.5 Å². The molecule has 1 atom stereocenters. The number of nitrogens with two attached hydrogens (primary N) is 1. The number of carbonyl (C=O) groups is 1. The lowest BCUT2D eigenvalue weighted by atomic mass is 10.00. The highest BCUT2D eigenvalue weighted by molar-refractivity contribution is 5.79. The van der Waals surface area contributed by atoms with E-state index in [1.807, 2.05) is 28.9 Å². The number of rotatable bonds is 5. The van der Waals surface area contributed by atoms with E-state index in [0.29, 0.717) is 39.3 Å². The summed E-state index contributed by atoms with van der Waals surface area (Å²) in [7, 11) is 0. The third-order valence-corrected chi connectivity index (χ3v) is 3.45. The van der Waals surface area contributed by atoms with Crippen molar-refractivity contribution in [2.45, 2.75) is 19.9 Å². The molecule has 1 unspecified atom stereocenters. The van der Waals surface area contributed by atoms with Crippen molar-refractivity contribution in [1.29, 1.82) is 0 Å². The van der Waals surface area contributed by atoms with Crippen molar-refractivity contribution in [1.82, 2.24) is 14.7 Å². The first-order valence-electron chi connectivity index (χ1n) is 6.82. The summed E-state index contributed by atoms with van der Waals surface area (Å²) in [4.78, 5) is 14.2. The second-order valence-corrected chi connectivity index (χ2v) is 4.78. The standard InChI is InChI=1S/C13H22N4O2/c1-2-17-10-11(9-15-17)7-12(8-14)13(18)16-3-5-19-6-4-16/h9-10,12H,2-8,14H2,1H3. The Bertz CT molecular complexity index is 413. The SMILES string of the molecule is CCn1cc(CC(CN)C(=O)N2CCOCC2)cn1. The van der Waals surface area contributed by atoms with E-state index in [1.165, 1.54) is 0 Å². The van der Waals surface area contributed by atoms with Gasteiger partial charge < -0.3 is 15.4 Å². The molecule has 1 saturated heterocycles. The Kier molecular flexibility index (Phi) is 4.93. The summed E-state index contributed by atoms with van der Waals surface area (Å²) in [5, 5.41) is 4.22. The fourth-order valence-corrected chi connectivity index (χ4v) is 2.28. The molecular weight excluding hydrogens is 244 g/mol. The summed E-state index contributed by atoms with van der Waals surface area (Å²) in [6.45, 7) is 5.83. The second kappa shape index (κ2) is 6.68. The minimum Gasteiger partial charge on any atom is -0.378 e. The lowest BCUT2D eigenvalue weighted by Gasteiger charge is -2.30. The predicted molar refractivity (Wildman–Crippen MR) is 71.5 cm³/mol. The van der Waals surface area contributed by atoms with Gasteiger partial charge in [0.1, 0.15) is 0 Å². The fraction of sp³-hybridized carbons (Fsp3) is 0.692. The third-order valence-electron chi connectivity index (χ3n) is 3.45. The van der Waals surface area contributed by atoms with Crippen molar-refractivity contribution in [2.75, 3.05) is 32.8 Å². The summed E-state index contributed by atoms with van der Waals surface area (Å²) in [6.07, 6.45) is 4.46. The molecule has 106 valence electrons. The normalized spacial score (nSPS) is 17.5. The number of morpholine rings is 1. The van der Waals surface area contributed by atoms with Crippen LogP contribution in [0.25, 0.3) is 0 Å². The summed E-state index contributed by atoms with van der Waals surface area (Å²) < 4.78 is 7.12. The maximum absolute atomic E-state index is 12.4. The van der Waals surface area contributed by atoms with Crippen LogP contribution in [-0.4, -0.2) is 53.4 Å². The highest BCUT2D eigenvalue weighted by atomic mass is 16.5. The Morgan fingerprint density at radius 1 is 1.53 bits per heavy atom. The van der Waals surface area contributed by atoms with E-state index in [9.17, 15) is 4.79 Å². The Labute approximate surface area is 113 Å². The Hall–Kier alpha value is -1.40. The number of nitrogens with zero attached hydrogens (tertiary/aromatic N) is 3. The highest BCUT2D eigenvalue weighted by Crippen LogP contribution is 2.12. The minimum atomic E-state index is -0.160. The van der Waals surface area contributed by atoms with E-state index in [4.69, 9.17) is 10.5 Å². The van der Waals surface area contributed by atoms with Gasteiger partial charge in [0.15, 0.2) is 0 Å². The van der Waals surface area contributed by atoms with Gasteiger partial charge in [-0.2, -0.15) is 5.10 Å². The molecule has 6 heteroatoms. The topological polar surface area (TPSA) is 73.4 Å². The maximum Gasteiger partial charge on any atom is 0.227 e. The molecule has 0 aliphatic carbocycles. The van der Waals surface area contributed by atoms with Crippen LogP contribution in [0.4, 0.5) is 0 Å². The smallest absolute Gasteiger partial charge is 0.227 e. The van der Waals surface area contributed by atoms with Crippen LogP contribution in [0, 0.1) is 5.92 Å². The predicted octanol–water partition coefficient (Wildman–Crippen LogP) is -0.121. The van der Waals surface area contributed by atoms with Gasteiger partial charge in [0.05, 0.1) is 25.3 Å². The number of aromatic nitrogens is 2. The third kappa shape index (κ3) is 3.54. The van der Waals surface area contributed by atoms with Gasteiger partial charge in [0, 0.05) is 32.4 Å². The van der Waals surface area contributed by atoms with Gasteiger partial charge in [-0.05, 0) is 18.9 Å². The summed E-state index contributed by atoms with van der Waals surface area (Å²) in [5.41, 5.74) is 6.83. The van der Waals surface area contributed by atoms with Crippen LogP contribution in [0.5, 0.6) is 0 Å². The van der Waals surface area contributed by atoms with Crippen LogP contribution in [-0.2, 0) is 22.5 Å². The molecule has 2 heterocycles.